The monoisotopic (exact) mass is 305 g/mol. The molecule has 2 fully saturated rings. The Morgan fingerprint density at radius 3 is 2.62 bits per heavy atom. The van der Waals surface area contributed by atoms with Gasteiger partial charge in [0.2, 0.25) is 0 Å². The first kappa shape index (κ1) is 14.4. The summed E-state index contributed by atoms with van der Waals surface area (Å²) >= 11 is 1.61. The van der Waals surface area contributed by atoms with Crippen molar-refractivity contribution in [1.29, 1.82) is 0 Å². The lowest BCUT2D eigenvalue weighted by atomic mass is 10.0. The van der Waals surface area contributed by atoms with Gasteiger partial charge in [0, 0.05) is 11.3 Å². The first-order chi connectivity index (χ1) is 10.0. The van der Waals surface area contributed by atoms with Gasteiger partial charge in [0.25, 0.3) is 5.91 Å². The minimum absolute atomic E-state index is 0.0264. The van der Waals surface area contributed by atoms with Crippen LogP contribution in [0.2, 0.25) is 0 Å². The van der Waals surface area contributed by atoms with Crippen LogP contribution in [0.25, 0.3) is 0 Å². The van der Waals surface area contributed by atoms with Gasteiger partial charge >= 0.3 is 5.97 Å². The second kappa shape index (κ2) is 5.37. The zero-order valence-electron chi connectivity index (χ0n) is 12.2. The summed E-state index contributed by atoms with van der Waals surface area (Å²) in [6.45, 7) is 3.89. The van der Waals surface area contributed by atoms with Gasteiger partial charge in [-0.1, -0.05) is 12.1 Å². The van der Waals surface area contributed by atoms with E-state index in [1.54, 1.807) is 22.7 Å². The van der Waals surface area contributed by atoms with Gasteiger partial charge in [0.05, 0.1) is 5.37 Å². The highest BCUT2D eigenvalue weighted by Gasteiger charge is 2.48. The fraction of sp³-hybridized carbons (Fsp3) is 0.500. The molecular formula is C16H19NO3S. The molecule has 2 atom stereocenters. The van der Waals surface area contributed by atoms with Crippen molar-refractivity contribution in [2.24, 2.45) is 5.92 Å². The number of carboxylic acid groups (broad SMARTS) is 1. The minimum Gasteiger partial charge on any atom is -0.480 e. The standard InChI is InChI=1S/C16H19NO3S/c1-9-4-3-5-12(10(9)2)14(18)17-13(16(19)20)8-21-15(17)11-6-7-11/h3-5,11,13,15H,6-8H2,1-2H3,(H,19,20). The van der Waals surface area contributed by atoms with Crippen molar-refractivity contribution < 1.29 is 14.7 Å². The molecule has 1 aromatic rings. The molecule has 1 saturated heterocycles. The third kappa shape index (κ3) is 2.55. The quantitative estimate of drug-likeness (QED) is 0.933. The van der Waals surface area contributed by atoms with Gasteiger partial charge in [-0.15, -0.1) is 11.8 Å². The summed E-state index contributed by atoms with van der Waals surface area (Å²) in [5.74, 6) is -0.0733. The molecule has 1 aromatic carbocycles. The van der Waals surface area contributed by atoms with Crippen LogP contribution in [0.1, 0.15) is 34.3 Å². The first-order valence-corrected chi connectivity index (χ1v) is 8.29. The molecule has 3 rings (SSSR count). The molecule has 1 aliphatic carbocycles. The Labute approximate surface area is 128 Å². The average Bonchev–Trinajstić information content (AvgIpc) is 3.19. The molecule has 1 heterocycles. The molecule has 112 valence electrons. The Kier molecular flexibility index (Phi) is 3.69. The van der Waals surface area contributed by atoms with Gasteiger partial charge in [-0.2, -0.15) is 0 Å². The van der Waals surface area contributed by atoms with Crippen LogP contribution in [0.15, 0.2) is 18.2 Å². The molecule has 21 heavy (non-hydrogen) atoms. The second-order valence-electron chi connectivity index (χ2n) is 5.88. The van der Waals surface area contributed by atoms with Crippen LogP contribution < -0.4 is 0 Å². The van der Waals surface area contributed by atoms with E-state index < -0.39 is 12.0 Å². The molecule has 1 saturated carbocycles. The molecule has 0 radical (unpaired) electrons. The number of aryl methyl sites for hydroxylation is 1. The number of thioether (sulfide) groups is 1. The van der Waals surface area contributed by atoms with Crippen molar-refractivity contribution in [3.8, 4) is 0 Å². The van der Waals surface area contributed by atoms with Crippen molar-refractivity contribution in [2.75, 3.05) is 5.75 Å². The fourth-order valence-corrected chi connectivity index (χ4v) is 4.47. The van der Waals surface area contributed by atoms with Crippen molar-refractivity contribution >= 4 is 23.6 Å². The number of hydrogen-bond donors (Lipinski definition) is 1. The predicted molar refractivity (Wildman–Crippen MR) is 82.5 cm³/mol. The molecule has 4 nitrogen and oxygen atoms in total. The third-order valence-electron chi connectivity index (χ3n) is 4.41. The number of carboxylic acids is 1. The molecule has 1 N–H and O–H groups in total. The van der Waals surface area contributed by atoms with Crippen LogP contribution in [0.4, 0.5) is 0 Å². The molecule has 0 bridgehead atoms. The number of carbonyl (C=O) groups is 2. The Morgan fingerprint density at radius 2 is 2.00 bits per heavy atom. The second-order valence-corrected chi connectivity index (χ2v) is 7.02. The zero-order valence-corrected chi connectivity index (χ0v) is 13.0. The fourth-order valence-electron chi connectivity index (χ4n) is 2.84. The normalized spacial score (nSPS) is 25.1. The van der Waals surface area contributed by atoms with E-state index in [1.165, 1.54) is 0 Å². The van der Waals surface area contributed by atoms with Crippen molar-refractivity contribution in [1.82, 2.24) is 4.90 Å². The van der Waals surface area contributed by atoms with E-state index in [-0.39, 0.29) is 11.3 Å². The van der Waals surface area contributed by atoms with Gasteiger partial charge in [0.1, 0.15) is 6.04 Å². The van der Waals surface area contributed by atoms with Crippen LogP contribution in [0.3, 0.4) is 0 Å². The minimum atomic E-state index is -0.899. The number of hydrogen-bond acceptors (Lipinski definition) is 3. The van der Waals surface area contributed by atoms with Gasteiger partial charge in [-0.25, -0.2) is 4.79 Å². The Balaban J connectivity index is 1.96. The Morgan fingerprint density at radius 1 is 1.29 bits per heavy atom. The number of carbonyl (C=O) groups excluding carboxylic acids is 1. The third-order valence-corrected chi connectivity index (χ3v) is 5.88. The van der Waals surface area contributed by atoms with Crippen LogP contribution in [-0.4, -0.2) is 39.1 Å². The van der Waals surface area contributed by atoms with E-state index in [0.717, 1.165) is 24.0 Å². The topological polar surface area (TPSA) is 57.6 Å². The maximum absolute atomic E-state index is 12.9. The summed E-state index contributed by atoms with van der Waals surface area (Å²) in [5, 5.41) is 9.44. The number of benzene rings is 1. The predicted octanol–water partition coefficient (Wildman–Crippen LogP) is 2.68. The van der Waals surface area contributed by atoms with E-state index in [0.29, 0.717) is 17.2 Å². The van der Waals surface area contributed by atoms with E-state index in [9.17, 15) is 14.7 Å². The van der Waals surface area contributed by atoms with Crippen molar-refractivity contribution in [3.63, 3.8) is 0 Å². The smallest absolute Gasteiger partial charge is 0.327 e. The SMILES string of the molecule is Cc1cccc(C(=O)N2C(C(=O)O)CSC2C2CC2)c1C. The molecule has 5 heteroatoms. The lowest BCUT2D eigenvalue weighted by Crippen LogP contribution is -2.46. The largest absolute Gasteiger partial charge is 0.480 e. The molecular weight excluding hydrogens is 286 g/mol. The zero-order chi connectivity index (χ0) is 15.1. The van der Waals surface area contributed by atoms with Crippen LogP contribution in [0.5, 0.6) is 0 Å². The highest BCUT2D eigenvalue weighted by atomic mass is 32.2. The molecule has 0 spiro atoms. The van der Waals surface area contributed by atoms with Crippen LogP contribution in [0, 0.1) is 19.8 Å². The van der Waals surface area contributed by atoms with Crippen LogP contribution >= 0.6 is 11.8 Å². The summed E-state index contributed by atoms with van der Waals surface area (Å²) in [7, 11) is 0. The van der Waals surface area contributed by atoms with Gasteiger partial charge in [-0.3, -0.25) is 4.79 Å². The molecule has 1 aliphatic heterocycles. The average molecular weight is 305 g/mol. The van der Waals surface area contributed by atoms with E-state index in [4.69, 9.17) is 0 Å². The lowest BCUT2D eigenvalue weighted by molar-refractivity contribution is -0.141. The van der Waals surface area contributed by atoms with Gasteiger partial charge < -0.3 is 10.0 Å². The lowest BCUT2D eigenvalue weighted by Gasteiger charge is -2.28. The number of aliphatic carboxylic acids is 1. The Hall–Kier alpha value is -1.49. The molecule has 2 unspecified atom stereocenters. The summed E-state index contributed by atoms with van der Waals surface area (Å²) < 4.78 is 0. The summed E-state index contributed by atoms with van der Waals surface area (Å²) in [5.41, 5.74) is 2.63. The van der Waals surface area contributed by atoms with Gasteiger partial charge in [0.15, 0.2) is 0 Å². The van der Waals surface area contributed by atoms with Crippen molar-refractivity contribution in [2.45, 2.75) is 38.1 Å². The number of amides is 1. The summed E-state index contributed by atoms with van der Waals surface area (Å²) in [6, 6.07) is 4.93. The van der Waals surface area contributed by atoms with Crippen LogP contribution in [-0.2, 0) is 4.79 Å². The maximum atomic E-state index is 12.9. The van der Waals surface area contributed by atoms with Crippen molar-refractivity contribution in [3.05, 3.63) is 34.9 Å². The van der Waals surface area contributed by atoms with E-state index in [2.05, 4.69) is 0 Å². The molecule has 0 aromatic heterocycles. The molecule has 1 amide bonds. The van der Waals surface area contributed by atoms with E-state index >= 15 is 0 Å². The summed E-state index contributed by atoms with van der Waals surface area (Å²) in [4.78, 5) is 26.0. The Bertz CT molecular complexity index is 597. The summed E-state index contributed by atoms with van der Waals surface area (Å²) in [6.07, 6.45) is 2.20. The van der Waals surface area contributed by atoms with Gasteiger partial charge in [-0.05, 0) is 49.8 Å². The highest BCUT2D eigenvalue weighted by molar-refractivity contribution is 8.00. The maximum Gasteiger partial charge on any atom is 0.327 e. The highest BCUT2D eigenvalue weighted by Crippen LogP contribution is 2.46. The van der Waals surface area contributed by atoms with E-state index in [1.807, 2.05) is 26.0 Å². The first-order valence-electron chi connectivity index (χ1n) is 7.24. The number of nitrogens with zero attached hydrogens (tertiary/aromatic N) is 1. The number of rotatable bonds is 3. The molecule has 2 aliphatic rings.